The van der Waals surface area contributed by atoms with Gasteiger partial charge in [-0.3, -0.25) is 4.55 Å². The van der Waals surface area contributed by atoms with Gasteiger partial charge >= 0.3 is 0 Å². The zero-order chi connectivity index (χ0) is 22.4. The van der Waals surface area contributed by atoms with Crippen LogP contribution in [0.4, 0.5) is 23.5 Å². The summed E-state index contributed by atoms with van der Waals surface area (Å²) in [7, 11) is -7.87. The minimum atomic E-state index is -4.52. The Balaban J connectivity index is 2.24. The van der Waals surface area contributed by atoms with Gasteiger partial charge in [0.2, 0.25) is 27.9 Å². The second-order valence-electron chi connectivity index (χ2n) is 5.42. The summed E-state index contributed by atoms with van der Waals surface area (Å²) in [6, 6.07) is 3.41. The number of hydrogen-bond acceptors (Lipinski definition) is 14. The third-order valence-corrected chi connectivity index (χ3v) is 5.32. The summed E-state index contributed by atoms with van der Waals surface area (Å²) in [4.78, 5) is 11.5. The van der Waals surface area contributed by atoms with E-state index in [0.717, 1.165) is 18.4 Å². The Kier molecular flexibility index (Phi) is 8.09. The van der Waals surface area contributed by atoms with Gasteiger partial charge in [0.05, 0.1) is 33.8 Å². The predicted molar refractivity (Wildman–Crippen MR) is 106 cm³/mol. The number of rotatable bonds is 11. The number of aromatic nitrogens is 3. The van der Waals surface area contributed by atoms with Gasteiger partial charge in [-0.1, -0.05) is 5.04 Å². The highest BCUT2D eigenvalue weighted by atomic mass is 32.2. The molecule has 0 fully saturated rings. The smallest absolute Gasteiger partial charge is 0.294 e. The summed E-state index contributed by atoms with van der Waals surface area (Å²) in [6.07, 6.45) is 1.01. The highest BCUT2D eigenvalue weighted by Crippen LogP contribution is 2.32. The van der Waals surface area contributed by atoms with Gasteiger partial charge < -0.3 is 16.4 Å². The maximum Gasteiger partial charge on any atom is 0.294 e. The normalized spacial score (nSPS) is 12.0. The van der Waals surface area contributed by atoms with E-state index in [-0.39, 0.29) is 41.5 Å². The maximum atomic E-state index is 11.4. The van der Waals surface area contributed by atoms with E-state index in [9.17, 15) is 21.4 Å². The molecule has 7 N–H and O–H groups in total. The molecule has 0 spiro atoms. The Morgan fingerprint density at radius 3 is 2.47 bits per heavy atom. The topological polar surface area (TPSA) is 228 Å². The Morgan fingerprint density at radius 2 is 1.83 bits per heavy atom. The molecule has 0 atom stereocenters. The molecule has 2 rings (SSSR count). The van der Waals surface area contributed by atoms with E-state index in [1.165, 1.54) is 6.07 Å². The van der Waals surface area contributed by atoms with Crippen LogP contribution in [-0.4, -0.2) is 60.9 Å². The van der Waals surface area contributed by atoms with Crippen LogP contribution in [0.25, 0.3) is 0 Å². The van der Waals surface area contributed by atoms with Gasteiger partial charge in [0, 0.05) is 13.1 Å². The van der Waals surface area contributed by atoms with Gasteiger partial charge in [-0.05, 0) is 18.2 Å². The van der Waals surface area contributed by atoms with Crippen LogP contribution in [-0.2, 0) is 29.5 Å². The lowest BCUT2D eigenvalue weighted by molar-refractivity contribution is -0.432. The average Bonchev–Trinajstić information content (AvgIpc) is 2.62. The molecule has 0 aliphatic heterocycles. The number of sulfonamides is 1. The van der Waals surface area contributed by atoms with Crippen molar-refractivity contribution >= 4 is 55.7 Å². The van der Waals surface area contributed by atoms with Crippen molar-refractivity contribution in [3.63, 3.8) is 0 Å². The highest BCUT2D eigenvalue weighted by Gasteiger charge is 2.16. The first-order chi connectivity index (χ1) is 14.0. The van der Waals surface area contributed by atoms with Crippen LogP contribution in [0.15, 0.2) is 28.0 Å². The van der Waals surface area contributed by atoms with Crippen molar-refractivity contribution in [2.75, 3.05) is 35.7 Å². The van der Waals surface area contributed by atoms with Crippen LogP contribution < -0.4 is 21.1 Å². The molecule has 0 saturated heterocycles. The summed E-state index contributed by atoms with van der Waals surface area (Å²) in [6.45, 7) is 0.194. The molecule has 18 heteroatoms. The molecule has 0 aliphatic carbocycles. The van der Waals surface area contributed by atoms with Crippen LogP contribution in [0, 0.1) is 0 Å². The lowest BCUT2D eigenvalue weighted by Crippen LogP contribution is -2.28. The van der Waals surface area contributed by atoms with E-state index in [2.05, 4.69) is 39.7 Å². The summed E-state index contributed by atoms with van der Waals surface area (Å²) in [5, 5.41) is 17.3. The minimum Gasteiger partial charge on any atom is -0.368 e. The third kappa shape index (κ3) is 7.84. The van der Waals surface area contributed by atoms with Gasteiger partial charge in [0.15, 0.2) is 0 Å². The monoisotopic (exact) mass is 483 g/mol. The lowest BCUT2D eigenvalue weighted by atomic mass is 10.3. The minimum absolute atomic E-state index is 0.00961. The van der Waals surface area contributed by atoms with Gasteiger partial charge in [0.1, 0.15) is 0 Å². The Labute approximate surface area is 175 Å². The molecule has 2 aromatic rings. The molecule has 0 aliphatic rings. The van der Waals surface area contributed by atoms with E-state index in [1.807, 2.05) is 0 Å². The van der Waals surface area contributed by atoms with Crippen molar-refractivity contribution in [2.24, 2.45) is 0 Å². The fourth-order valence-corrected chi connectivity index (χ4v) is 3.36. The molecular weight excluding hydrogens is 466 g/mol. The van der Waals surface area contributed by atoms with Crippen LogP contribution in [0.3, 0.4) is 0 Å². The first-order valence-corrected chi connectivity index (χ1v) is 11.8. The quantitative estimate of drug-likeness (QED) is 0.0801. The van der Waals surface area contributed by atoms with E-state index in [4.69, 9.17) is 11.0 Å². The number of benzene rings is 1. The molecule has 0 bridgehead atoms. The molecule has 0 saturated carbocycles. The largest absolute Gasteiger partial charge is 0.368 e. The zero-order valence-electron chi connectivity index (χ0n) is 15.1. The van der Waals surface area contributed by atoms with Crippen molar-refractivity contribution in [1.29, 1.82) is 0 Å². The van der Waals surface area contributed by atoms with Crippen molar-refractivity contribution in [3.8, 4) is 0 Å². The molecular formula is C12H17N7O8S3. The van der Waals surface area contributed by atoms with Crippen molar-refractivity contribution in [1.82, 2.24) is 19.7 Å². The van der Waals surface area contributed by atoms with E-state index in [0.29, 0.717) is 12.0 Å². The number of nitrogen functional groups attached to an aromatic ring is 1. The van der Waals surface area contributed by atoms with Crippen LogP contribution in [0.1, 0.15) is 0 Å². The van der Waals surface area contributed by atoms with Gasteiger partial charge in [-0.15, -0.1) is 4.33 Å². The first kappa shape index (κ1) is 24.0. The third-order valence-electron chi connectivity index (χ3n) is 3.07. The lowest BCUT2D eigenvalue weighted by Gasteiger charge is -2.12. The van der Waals surface area contributed by atoms with Gasteiger partial charge in [0.25, 0.3) is 10.1 Å². The first-order valence-electron chi connectivity index (χ1n) is 7.71. The number of nitrogens with two attached hydrogens (primary N) is 1. The maximum absolute atomic E-state index is 11.4. The second kappa shape index (κ2) is 10.1. The average molecular weight is 484 g/mol. The predicted octanol–water partition coefficient (Wildman–Crippen LogP) is -0.166. The fraction of sp³-hybridized carbons (Fsp3) is 0.250. The number of nitrogens with one attached hydrogen (secondary N) is 3. The van der Waals surface area contributed by atoms with Crippen molar-refractivity contribution in [2.45, 2.75) is 9.79 Å². The molecule has 0 unspecified atom stereocenters. The SMILES string of the molecule is CS(=O)(=O)NCCNc1nc(N)nc(Nc2cc(S(=O)(=O)O)ccc2SOOO)n1. The summed E-state index contributed by atoms with van der Waals surface area (Å²) in [5.74, 6) is -0.295. The Bertz CT molecular complexity index is 1100. The fourth-order valence-electron chi connectivity index (χ4n) is 1.95. The molecule has 166 valence electrons. The van der Waals surface area contributed by atoms with E-state index in [1.54, 1.807) is 0 Å². The van der Waals surface area contributed by atoms with Crippen LogP contribution in [0.5, 0.6) is 0 Å². The molecule has 30 heavy (non-hydrogen) atoms. The zero-order valence-corrected chi connectivity index (χ0v) is 17.6. The van der Waals surface area contributed by atoms with Gasteiger partial charge in [-0.2, -0.15) is 23.4 Å². The highest BCUT2D eigenvalue weighted by molar-refractivity contribution is 7.94. The van der Waals surface area contributed by atoms with Gasteiger partial charge in [-0.25, -0.2) is 18.4 Å². The molecule has 1 heterocycles. The number of nitrogens with zero attached hydrogens (tertiary/aromatic N) is 3. The molecule has 15 nitrogen and oxygen atoms in total. The van der Waals surface area contributed by atoms with E-state index >= 15 is 0 Å². The van der Waals surface area contributed by atoms with Crippen LogP contribution in [0.2, 0.25) is 0 Å². The number of hydrogen-bond donors (Lipinski definition) is 6. The summed E-state index contributed by atoms with van der Waals surface area (Å²) in [5.41, 5.74) is 5.69. The standard InChI is InChI=1S/C12H17N7O8S3/c1-29(21,22)15-5-4-14-11-17-10(13)18-12(19-11)16-8-6-7(30(23,24)25)2-3-9(8)28-27-26-20/h2-3,6,15,20H,4-5H2,1H3,(H,23,24,25)(H4,13,14,16,17,18,19). The molecule has 0 amide bonds. The molecule has 0 radical (unpaired) electrons. The number of anilines is 4. The van der Waals surface area contributed by atoms with E-state index < -0.39 is 25.0 Å². The Morgan fingerprint density at radius 1 is 1.13 bits per heavy atom. The second-order valence-corrected chi connectivity index (χ2v) is 9.42. The van der Waals surface area contributed by atoms with Crippen molar-refractivity contribution in [3.05, 3.63) is 18.2 Å². The molecule has 1 aromatic carbocycles. The summed E-state index contributed by atoms with van der Waals surface area (Å²) < 4.78 is 60.7. The van der Waals surface area contributed by atoms with Crippen LogP contribution >= 0.6 is 12.0 Å². The Hall–Kier alpha value is -2.32. The van der Waals surface area contributed by atoms with Crippen molar-refractivity contribution < 1.29 is 36.0 Å². The summed E-state index contributed by atoms with van der Waals surface area (Å²) >= 11 is 0.519. The molecule has 1 aromatic heterocycles.